The van der Waals surface area contributed by atoms with Gasteiger partial charge in [0.15, 0.2) is 11.6 Å². The van der Waals surface area contributed by atoms with Crippen molar-refractivity contribution in [3.8, 4) is 5.75 Å². The molecule has 3 N–H and O–H groups in total. The number of aromatic carboxylic acids is 1. The van der Waals surface area contributed by atoms with Gasteiger partial charge >= 0.3 is 5.97 Å². The number of ether oxygens (including phenoxy) is 1. The third kappa shape index (κ3) is 2.96. The molecule has 0 radical (unpaired) electrons. The van der Waals surface area contributed by atoms with Gasteiger partial charge in [-0.25, -0.2) is 13.6 Å². The molecule has 9 heteroatoms. The van der Waals surface area contributed by atoms with E-state index in [1.807, 2.05) is 6.92 Å². The van der Waals surface area contributed by atoms with E-state index in [0.717, 1.165) is 12.3 Å². The fourth-order valence-electron chi connectivity index (χ4n) is 4.34. The Labute approximate surface area is 171 Å². The molecule has 1 aromatic carbocycles. The number of nitrogens with zero attached hydrogens (tertiary/aromatic N) is 2. The van der Waals surface area contributed by atoms with Crippen LogP contribution < -0.4 is 20.8 Å². The first kappa shape index (κ1) is 20.3. The van der Waals surface area contributed by atoms with Crippen molar-refractivity contribution in [2.75, 3.05) is 25.1 Å². The smallest absolute Gasteiger partial charge is 0.341 e. The zero-order chi connectivity index (χ0) is 22.0. The van der Waals surface area contributed by atoms with Gasteiger partial charge < -0.3 is 25.0 Å². The molecule has 0 amide bonds. The molecule has 4 rings (SSSR count). The monoisotopic (exact) mass is 419 g/mol. The minimum Gasteiger partial charge on any atom is -0.492 e. The number of halogens is 2. The van der Waals surface area contributed by atoms with Crippen LogP contribution in [0.25, 0.3) is 10.9 Å². The Hall–Kier alpha value is -2.94. The molecule has 1 aliphatic carbocycles. The third-order valence-electron chi connectivity index (χ3n) is 6.07. The van der Waals surface area contributed by atoms with Crippen LogP contribution in [0.3, 0.4) is 0 Å². The maximum absolute atomic E-state index is 15.3. The molecule has 1 saturated carbocycles. The molecule has 30 heavy (non-hydrogen) atoms. The molecule has 160 valence electrons. The number of carboxylic acids is 1. The van der Waals surface area contributed by atoms with Gasteiger partial charge in [0.1, 0.15) is 17.4 Å². The summed E-state index contributed by atoms with van der Waals surface area (Å²) in [5.41, 5.74) is 4.60. The van der Waals surface area contributed by atoms with Gasteiger partial charge in [0.2, 0.25) is 5.43 Å². The van der Waals surface area contributed by atoms with Crippen molar-refractivity contribution in [3.05, 3.63) is 46.5 Å². The van der Waals surface area contributed by atoms with Crippen LogP contribution in [0.5, 0.6) is 5.75 Å². The molecular formula is C21H23F2N3O4. The first-order chi connectivity index (χ1) is 14.1. The van der Waals surface area contributed by atoms with E-state index in [2.05, 4.69) is 6.58 Å². The van der Waals surface area contributed by atoms with Gasteiger partial charge in [0.05, 0.1) is 24.1 Å². The number of nitrogens with two attached hydrogens (primary N) is 1. The van der Waals surface area contributed by atoms with Crippen LogP contribution >= 0.6 is 0 Å². The molecule has 1 aromatic heterocycles. The zero-order valence-electron chi connectivity index (χ0n) is 16.7. The van der Waals surface area contributed by atoms with Crippen molar-refractivity contribution in [1.29, 1.82) is 0 Å². The summed E-state index contributed by atoms with van der Waals surface area (Å²) in [6.45, 7) is 6.35. The van der Waals surface area contributed by atoms with Gasteiger partial charge in [0, 0.05) is 37.2 Å². The van der Waals surface area contributed by atoms with E-state index in [-0.39, 0.29) is 34.7 Å². The maximum Gasteiger partial charge on any atom is 0.341 e. The molecule has 1 saturated heterocycles. The Bertz CT molecular complexity index is 1130. The number of carboxylic acid groups (broad SMARTS) is 1. The van der Waals surface area contributed by atoms with Gasteiger partial charge in [-0.3, -0.25) is 4.79 Å². The number of methoxy groups -OCH3 is 1. The number of carbonyl (C=O) groups is 1. The number of hydrogen-bond donors (Lipinski definition) is 2. The van der Waals surface area contributed by atoms with Crippen LogP contribution in [0, 0.1) is 11.7 Å². The highest BCUT2D eigenvalue weighted by Gasteiger charge is 2.43. The van der Waals surface area contributed by atoms with E-state index in [4.69, 9.17) is 10.5 Å². The largest absolute Gasteiger partial charge is 0.492 e. The summed E-state index contributed by atoms with van der Waals surface area (Å²) in [5.74, 6) is -2.24. The van der Waals surface area contributed by atoms with Crippen LogP contribution in [-0.2, 0) is 0 Å². The molecular weight excluding hydrogens is 396 g/mol. The number of anilines is 1. The van der Waals surface area contributed by atoms with Crippen LogP contribution in [0.1, 0.15) is 29.7 Å². The van der Waals surface area contributed by atoms with E-state index < -0.39 is 40.5 Å². The molecule has 4 atom stereocenters. The highest BCUT2D eigenvalue weighted by atomic mass is 19.1. The summed E-state index contributed by atoms with van der Waals surface area (Å²) >= 11 is 0. The minimum atomic E-state index is -1.46. The highest BCUT2D eigenvalue weighted by molar-refractivity contribution is 5.97. The number of fused-ring (bicyclic) bond motifs is 1. The molecule has 1 aliphatic heterocycles. The molecule has 0 bridgehead atoms. The summed E-state index contributed by atoms with van der Waals surface area (Å²) in [4.78, 5) is 26.0. The van der Waals surface area contributed by atoms with E-state index >= 15 is 4.39 Å². The SMILES string of the molecule is C=CC1CN(c2c(F)cc3c(=O)c(C(=O)O)cn([C@@H]4C[C@@H]4F)c3c2OC)CC1(C)N. The van der Waals surface area contributed by atoms with Gasteiger partial charge in [-0.1, -0.05) is 6.08 Å². The Morgan fingerprint density at radius 3 is 2.67 bits per heavy atom. The van der Waals surface area contributed by atoms with Crippen molar-refractivity contribution < 1.29 is 23.4 Å². The quantitative estimate of drug-likeness (QED) is 0.723. The third-order valence-corrected chi connectivity index (χ3v) is 6.07. The maximum atomic E-state index is 15.3. The molecule has 0 spiro atoms. The Morgan fingerprint density at radius 1 is 1.50 bits per heavy atom. The fraction of sp³-hybridized carbons (Fsp3) is 0.429. The predicted molar refractivity (Wildman–Crippen MR) is 109 cm³/mol. The lowest BCUT2D eigenvalue weighted by Crippen LogP contribution is -2.43. The number of benzene rings is 1. The molecule has 7 nitrogen and oxygen atoms in total. The van der Waals surface area contributed by atoms with Crippen molar-refractivity contribution in [2.24, 2.45) is 11.7 Å². The fourth-order valence-corrected chi connectivity index (χ4v) is 4.34. The van der Waals surface area contributed by atoms with E-state index in [9.17, 15) is 19.1 Å². The van der Waals surface area contributed by atoms with Gasteiger partial charge in [0.25, 0.3) is 0 Å². The Morgan fingerprint density at radius 2 is 2.17 bits per heavy atom. The average Bonchev–Trinajstić information content (AvgIpc) is 3.31. The number of aromatic nitrogens is 1. The number of hydrogen-bond acceptors (Lipinski definition) is 5. The Kier molecular flexibility index (Phi) is 4.61. The standard InChI is InChI=1S/C21H23F2N3O4/c1-4-10-7-25(9-21(10,2)24)17-14(23)5-11-16(19(17)30-3)26(15-6-13(15)22)8-12(18(11)27)20(28)29/h4-5,8,10,13,15H,1,6-7,9,24H2,2-3H3,(H,28,29)/t10?,13-,15+,21?/m0/s1. The number of rotatable bonds is 5. The first-order valence-corrected chi connectivity index (χ1v) is 9.59. The molecule has 2 fully saturated rings. The number of pyridine rings is 1. The second kappa shape index (κ2) is 6.80. The summed E-state index contributed by atoms with van der Waals surface area (Å²) < 4.78 is 36.1. The Balaban J connectivity index is 2.02. The minimum absolute atomic E-state index is 0.0543. The second-order valence-corrected chi connectivity index (χ2v) is 8.27. The molecule has 2 unspecified atom stereocenters. The lowest BCUT2D eigenvalue weighted by atomic mass is 9.91. The van der Waals surface area contributed by atoms with E-state index in [1.54, 1.807) is 11.0 Å². The van der Waals surface area contributed by atoms with Crippen LogP contribution in [0.4, 0.5) is 14.5 Å². The van der Waals surface area contributed by atoms with Crippen LogP contribution in [-0.4, -0.2) is 47.6 Å². The van der Waals surface area contributed by atoms with Gasteiger partial charge in [-0.15, -0.1) is 6.58 Å². The van der Waals surface area contributed by atoms with Crippen molar-refractivity contribution in [2.45, 2.75) is 31.1 Å². The molecule has 2 aromatic rings. The van der Waals surface area contributed by atoms with Gasteiger partial charge in [-0.05, 0) is 13.0 Å². The normalized spacial score (nSPS) is 28.0. The summed E-state index contributed by atoms with van der Waals surface area (Å²) in [6.07, 6.45) is 1.83. The van der Waals surface area contributed by atoms with Crippen molar-refractivity contribution in [1.82, 2.24) is 4.57 Å². The first-order valence-electron chi connectivity index (χ1n) is 9.59. The van der Waals surface area contributed by atoms with E-state index in [1.165, 1.54) is 11.7 Å². The highest BCUT2D eigenvalue weighted by Crippen LogP contribution is 2.46. The predicted octanol–water partition coefficient (Wildman–Crippen LogP) is 2.47. The topological polar surface area (TPSA) is 97.8 Å². The zero-order valence-corrected chi connectivity index (χ0v) is 16.7. The average molecular weight is 419 g/mol. The lowest BCUT2D eigenvalue weighted by molar-refractivity contribution is 0.0694. The molecule has 2 aliphatic rings. The van der Waals surface area contributed by atoms with E-state index in [0.29, 0.717) is 13.1 Å². The van der Waals surface area contributed by atoms with Crippen molar-refractivity contribution in [3.63, 3.8) is 0 Å². The second-order valence-electron chi connectivity index (χ2n) is 8.27. The summed E-state index contributed by atoms with van der Waals surface area (Å²) in [6, 6.07) is 0.362. The van der Waals surface area contributed by atoms with Crippen LogP contribution in [0.15, 0.2) is 29.7 Å². The van der Waals surface area contributed by atoms with Crippen LogP contribution in [0.2, 0.25) is 0 Å². The number of alkyl halides is 1. The molecule has 2 heterocycles. The lowest BCUT2D eigenvalue weighted by Gasteiger charge is -2.26. The summed E-state index contributed by atoms with van der Waals surface area (Å²) in [5, 5.41) is 9.23. The van der Waals surface area contributed by atoms with Gasteiger partial charge in [-0.2, -0.15) is 0 Å². The van der Waals surface area contributed by atoms with Crippen molar-refractivity contribution >= 4 is 22.6 Å². The summed E-state index contributed by atoms with van der Waals surface area (Å²) in [7, 11) is 1.33.